The second-order valence-corrected chi connectivity index (χ2v) is 18.6. The van der Waals surface area contributed by atoms with Gasteiger partial charge in [0.05, 0.1) is 5.92 Å². The molecular formula is C25H28BBrF13N3O4S2. The van der Waals surface area contributed by atoms with Crippen molar-refractivity contribution < 1.29 is 75.3 Å². The second kappa shape index (κ2) is 10.2. The molecule has 7 nitrogen and oxygen atoms in total. The van der Waals surface area contributed by atoms with Gasteiger partial charge in [0.2, 0.25) is 0 Å². The molecule has 2 saturated carbocycles. The molecule has 2 aliphatic heterocycles. The number of nitrogen functional groups attached to an aromatic ring is 2. The number of anilines is 2. The maximum Gasteiger partial charge on any atom is 0.587 e. The molecule has 0 aromatic heterocycles. The van der Waals surface area contributed by atoms with Gasteiger partial charge in [-0.05, 0) is 60.1 Å². The van der Waals surface area contributed by atoms with E-state index >= 15 is 0 Å². The smallest absolute Gasteiger partial charge is 0.587 e. The first-order valence-electron chi connectivity index (χ1n) is 13.9. The molecule has 4 atom stereocenters. The van der Waals surface area contributed by atoms with Crippen LogP contribution in [0.15, 0.2) is 50.7 Å². The van der Waals surface area contributed by atoms with Crippen molar-refractivity contribution in [3.63, 3.8) is 0 Å². The van der Waals surface area contributed by atoms with Gasteiger partial charge in [-0.2, -0.15) is 13.2 Å². The van der Waals surface area contributed by atoms with E-state index in [0.29, 0.717) is 16.4 Å². The zero-order valence-corrected chi connectivity index (χ0v) is 28.2. The fourth-order valence-corrected chi connectivity index (χ4v) is 8.11. The Balaban J connectivity index is 0.000000169. The molecule has 4 N–H and O–H groups in total. The van der Waals surface area contributed by atoms with Crippen LogP contribution in [-0.2, 0) is 18.9 Å². The molecule has 4 aliphatic rings. The first kappa shape index (κ1) is 39.1. The Kier molecular flexibility index (Phi) is 8.13. The zero-order valence-electron chi connectivity index (χ0n) is 25.0. The van der Waals surface area contributed by atoms with Crippen molar-refractivity contribution in [2.24, 2.45) is 11.8 Å². The third-order valence-electron chi connectivity index (χ3n) is 8.54. The van der Waals surface area contributed by atoms with E-state index in [1.165, 1.54) is 0 Å². The lowest BCUT2D eigenvalue weighted by atomic mass is 9.61. The number of hydrogen-bond acceptors (Lipinski definition) is 6. The number of likely N-dealkylation sites (N-methyl/N-ethyl adjacent to an activating group) is 1. The lowest BCUT2D eigenvalue weighted by Gasteiger charge is -2.40. The molecule has 2 aliphatic carbocycles. The number of rotatable bonds is 4. The minimum Gasteiger partial charge on any atom is -0.600 e. The van der Waals surface area contributed by atoms with Crippen molar-refractivity contribution in [1.29, 1.82) is 0 Å². The highest BCUT2D eigenvalue weighted by Crippen LogP contribution is 3.03. The third kappa shape index (κ3) is 8.78. The van der Waals surface area contributed by atoms with E-state index in [2.05, 4.69) is 22.9 Å². The van der Waals surface area contributed by atoms with Gasteiger partial charge in [-0.25, -0.2) is 0 Å². The van der Waals surface area contributed by atoms with Crippen LogP contribution >= 0.6 is 36.4 Å². The molecule has 49 heavy (non-hydrogen) atoms. The van der Waals surface area contributed by atoms with Crippen LogP contribution in [0, 0.1) is 11.8 Å². The van der Waals surface area contributed by atoms with Crippen molar-refractivity contribution in [3.8, 4) is 0 Å². The first-order chi connectivity index (χ1) is 21.4. The average Bonchev–Trinajstić information content (AvgIpc) is 3.73. The minimum absolute atomic E-state index is 0.0377. The van der Waals surface area contributed by atoms with Gasteiger partial charge in [-0.3, -0.25) is 9.59 Å². The van der Waals surface area contributed by atoms with Crippen LogP contribution in [0.5, 0.6) is 0 Å². The molecule has 2 aromatic carbocycles. The highest BCUT2D eigenvalue weighted by molar-refractivity contribution is 9.10. The van der Waals surface area contributed by atoms with E-state index in [-0.39, 0.29) is 59.2 Å². The first-order valence-corrected chi connectivity index (χ1v) is 18.6. The molecule has 0 amide bonds. The third-order valence-corrected chi connectivity index (χ3v) is 11.2. The Morgan fingerprint density at radius 2 is 1.20 bits per heavy atom. The summed E-state index contributed by atoms with van der Waals surface area (Å²) in [4.78, 5) is 18.6. The number of quaternary nitrogens is 1. The number of nitrogens with zero attached hydrogens (tertiary/aromatic N) is 1. The van der Waals surface area contributed by atoms with Crippen LogP contribution in [0.25, 0.3) is 0 Å². The van der Waals surface area contributed by atoms with Crippen molar-refractivity contribution in [1.82, 2.24) is 0 Å². The van der Waals surface area contributed by atoms with E-state index in [1.807, 2.05) is 7.05 Å². The summed E-state index contributed by atoms with van der Waals surface area (Å²) < 4.78 is 172. The van der Waals surface area contributed by atoms with Crippen LogP contribution in [0.4, 0.5) is 63.4 Å². The number of hydrogen-bond donors (Lipinski definition) is 2. The SMILES string of the molecule is C[C@@H]1C[C@H]1[B-]12OC(=O)C[N+]1(C)CC(=O)O2.Nc1cc(Br)cc(S(F)(F)(F)(F)F)c1.Nc1cc([C@H]2C[C@@H]2C(F)(F)F)cc(S(F)(F)(F)(F)F)c1. The van der Waals surface area contributed by atoms with Crippen molar-refractivity contribution in [2.45, 2.75) is 47.5 Å². The van der Waals surface area contributed by atoms with E-state index < -0.39 is 72.6 Å². The predicted molar refractivity (Wildman–Crippen MR) is 160 cm³/mol. The van der Waals surface area contributed by atoms with Gasteiger partial charge in [0.15, 0.2) is 0 Å². The van der Waals surface area contributed by atoms with Crippen molar-refractivity contribution in [2.75, 3.05) is 31.6 Å². The molecule has 2 saturated heterocycles. The summed E-state index contributed by atoms with van der Waals surface area (Å²) in [5, 5.41) is 0. The van der Waals surface area contributed by atoms with Crippen LogP contribution in [0.3, 0.4) is 0 Å². The summed E-state index contributed by atoms with van der Waals surface area (Å²) in [5.41, 5.74) is 8.65. The lowest BCUT2D eigenvalue weighted by Crippen LogP contribution is -2.60. The predicted octanol–water partition coefficient (Wildman–Crippen LogP) is 10.2. The Morgan fingerprint density at radius 1 is 0.776 bits per heavy atom. The lowest BCUT2D eigenvalue weighted by molar-refractivity contribution is -0.794. The zero-order chi connectivity index (χ0) is 37.7. The molecule has 24 heteroatoms. The molecule has 0 spiro atoms. The van der Waals surface area contributed by atoms with Gasteiger partial charge in [0, 0.05) is 22.9 Å². The standard InChI is InChI=1S/C10H9F8NS.C9H14BNO4.C6H5BrF5NS/c11-10(12,13)9-4-8(9)5-1-6(19)3-7(2-5)20(14,15,16,17)18;1-6-3-7(6)10-11(2,4-8(12)14-10)5-9(13)15-10;7-4-1-5(13)3-6(2-4)14(8,9,10,11)12/h1-3,8-9H,4,19H2;6-7H,3-5H2,1-2H3;1-3H,13H2/t8-,9+;6-,7-,10?,11?;/m11./s1. The molecule has 4 fully saturated rings. The Labute approximate surface area is 278 Å². The monoisotopic (exact) mass is 835 g/mol. The van der Waals surface area contributed by atoms with E-state index in [9.17, 15) is 61.6 Å². The molecule has 2 aromatic rings. The number of carbonyl (C=O) groups excluding carboxylic acids is 2. The van der Waals surface area contributed by atoms with Gasteiger partial charge in [0.25, 0.3) is 0 Å². The molecule has 280 valence electrons. The Bertz CT molecular complexity index is 1690. The number of nitrogens with two attached hydrogens (primary N) is 2. The number of halogens is 14. The summed E-state index contributed by atoms with van der Waals surface area (Å²) in [5.74, 6) is -2.78. The normalized spacial score (nSPS) is 31.9. The van der Waals surface area contributed by atoms with Gasteiger partial charge >= 0.3 is 45.2 Å². The van der Waals surface area contributed by atoms with Crippen LogP contribution in [0.2, 0.25) is 5.82 Å². The van der Waals surface area contributed by atoms with Gasteiger partial charge < -0.3 is 25.2 Å². The minimum atomic E-state index is -9.95. The Hall–Kier alpha value is -2.73. The molecule has 6 rings (SSSR count). The van der Waals surface area contributed by atoms with Gasteiger partial charge in [-0.15, -0.1) is 0 Å². The summed E-state index contributed by atoms with van der Waals surface area (Å²) >= 11 is 2.66. The topological polar surface area (TPSA) is 105 Å². The van der Waals surface area contributed by atoms with E-state index in [1.54, 1.807) is 0 Å². The van der Waals surface area contributed by atoms with Gasteiger partial charge in [0.1, 0.15) is 22.9 Å². The molecular weight excluding hydrogens is 808 g/mol. The summed E-state index contributed by atoms with van der Waals surface area (Å²) in [7, 11) is -17.7. The summed E-state index contributed by atoms with van der Waals surface area (Å²) in [6.45, 7) is 0.913. The molecule has 0 radical (unpaired) electrons. The number of fused-ring (bicyclic) bond motifs is 1. The van der Waals surface area contributed by atoms with E-state index in [4.69, 9.17) is 20.8 Å². The van der Waals surface area contributed by atoms with Crippen molar-refractivity contribution in [3.05, 3.63) is 46.4 Å². The molecule has 0 bridgehead atoms. The second-order valence-electron chi connectivity index (χ2n) is 12.9. The van der Waals surface area contributed by atoms with Crippen molar-refractivity contribution >= 4 is 66.4 Å². The fraction of sp³-hybridized carbons (Fsp3) is 0.440. The number of alkyl halides is 3. The van der Waals surface area contributed by atoms with Crippen LogP contribution in [-0.4, -0.2) is 49.3 Å². The number of benzene rings is 2. The highest BCUT2D eigenvalue weighted by Gasteiger charge is 2.73. The van der Waals surface area contributed by atoms with Crippen LogP contribution < -0.4 is 11.5 Å². The van der Waals surface area contributed by atoms with Crippen LogP contribution in [0.1, 0.15) is 31.2 Å². The molecule has 2 heterocycles. The maximum atomic E-state index is 12.6. The van der Waals surface area contributed by atoms with E-state index in [0.717, 1.165) is 18.6 Å². The average molecular weight is 836 g/mol. The highest BCUT2D eigenvalue weighted by atomic mass is 79.9. The Morgan fingerprint density at radius 3 is 1.57 bits per heavy atom. The fourth-order valence-electron chi connectivity index (χ4n) is 6.02. The molecule has 0 unspecified atom stereocenters. The summed E-state index contributed by atoms with van der Waals surface area (Å²) in [6.07, 6.45) is -3.99. The largest absolute Gasteiger partial charge is 0.600 e. The maximum absolute atomic E-state index is 12.6. The number of carbonyl (C=O) groups is 2. The van der Waals surface area contributed by atoms with Gasteiger partial charge in [-0.1, -0.05) is 74.0 Å². The summed E-state index contributed by atoms with van der Waals surface area (Å²) in [6, 6.07) is 2.59. The quantitative estimate of drug-likeness (QED) is 0.181.